The minimum atomic E-state index is 0.0106. The topological polar surface area (TPSA) is 43.3 Å². The minimum Gasteiger partial charge on any atom is -0.381 e. The summed E-state index contributed by atoms with van der Waals surface area (Å²) >= 11 is 0. The van der Waals surface area contributed by atoms with E-state index in [1.165, 1.54) is 0 Å². The second-order valence-electron chi connectivity index (χ2n) is 4.77. The normalized spacial score (nSPS) is 17.4. The van der Waals surface area contributed by atoms with Gasteiger partial charge in [-0.3, -0.25) is 4.79 Å². The third-order valence-electron chi connectivity index (χ3n) is 3.02. The Hall–Kier alpha value is -1.29. The summed E-state index contributed by atoms with van der Waals surface area (Å²) in [6.07, 6.45) is 3.96. The summed E-state index contributed by atoms with van der Waals surface area (Å²) in [4.78, 5) is 12.0. The van der Waals surface area contributed by atoms with Gasteiger partial charge in [0, 0.05) is 31.5 Å². The van der Waals surface area contributed by atoms with Crippen LogP contribution in [-0.2, 0) is 4.74 Å². The highest BCUT2D eigenvalue weighted by molar-refractivity contribution is 5.92. The lowest BCUT2D eigenvalue weighted by Gasteiger charge is -2.25. The molecule has 4 heteroatoms. The molecule has 1 saturated heterocycles. The number of carbonyl (C=O) groups excluding carboxylic acids is 1. The fraction of sp³-hybridized carbons (Fsp3) is 0.615. The van der Waals surface area contributed by atoms with Crippen molar-refractivity contribution in [3.63, 3.8) is 0 Å². The number of ether oxygens (including phenoxy) is 1. The van der Waals surface area contributed by atoms with Gasteiger partial charge in [0.05, 0.1) is 0 Å². The first-order valence-corrected chi connectivity index (χ1v) is 6.24. The highest BCUT2D eigenvalue weighted by Crippen LogP contribution is 2.23. The smallest absolute Gasteiger partial charge is 0.268 e. The summed E-state index contributed by atoms with van der Waals surface area (Å²) in [6.45, 7) is 5.52. The molecule has 17 heavy (non-hydrogen) atoms. The molecule has 0 atom stereocenters. The van der Waals surface area contributed by atoms with Crippen molar-refractivity contribution in [1.29, 1.82) is 0 Å². The van der Waals surface area contributed by atoms with Crippen molar-refractivity contribution in [3.8, 4) is 0 Å². The molecular weight excluding hydrogens is 216 g/mol. The molecule has 1 N–H and O–H groups in total. The molecule has 0 saturated carbocycles. The van der Waals surface area contributed by atoms with Gasteiger partial charge in [-0.05, 0) is 38.8 Å². The van der Waals surface area contributed by atoms with E-state index in [9.17, 15) is 4.79 Å². The number of hydrogen-bond acceptors (Lipinski definition) is 2. The molecule has 1 aliphatic rings. The lowest BCUT2D eigenvalue weighted by atomic mass is 10.1. The average Bonchev–Trinajstić information content (AvgIpc) is 2.78. The summed E-state index contributed by atoms with van der Waals surface area (Å²) in [5, 5.41) is 2.93. The first kappa shape index (κ1) is 12.2. The zero-order valence-electron chi connectivity index (χ0n) is 10.5. The van der Waals surface area contributed by atoms with Crippen LogP contribution in [0.5, 0.6) is 0 Å². The SMILES string of the molecule is CC(C)NC(=O)c1cccn1C1CCOCC1. The zero-order valence-corrected chi connectivity index (χ0v) is 10.5. The van der Waals surface area contributed by atoms with Crippen molar-refractivity contribution in [1.82, 2.24) is 9.88 Å². The number of hydrogen-bond donors (Lipinski definition) is 1. The third-order valence-corrected chi connectivity index (χ3v) is 3.02. The van der Waals surface area contributed by atoms with Gasteiger partial charge in [-0.25, -0.2) is 0 Å². The molecule has 0 unspecified atom stereocenters. The molecule has 0 bridgehead atoms. The van der Waals surface area contributed by atoms with Gasteiger partial charge in [0.15, 0.2) is 0 Å². The largest absolute Gasteiger partial charge is 0.381 e. The summed E-state index contributed by atoms with van der Waals surface area (Å²) in [7, 11) is 0. The number of nitrogens with zero attached hydrogens (tertiary/aromatic N) is 1. The third kappa shape index (κ3) is 2.88. The monoisotopic (exact) mass is 236 g/mol. The predicted molar refractivity (Wildman–Crippen MR) is 66.1 cm³/mol. The van der Waals surface area contributed by atoms with Gasteiger partial charge in [-0.2, -0.15) is 0 Å². The van der Waals surface area contributed by atoms with Crippen molar-refractivity contribution in [2.45, 2.75) is 38.8 Å². The molecule has 94 valence electrons. The predicted octanol–water partition coefficient (Wildman–Crippen LogP) is 1.98. The highest BCUT2D eigenvalue weighted by Gasteiger charge is 2.20. The lowest BCUT2D eigenvalue weighted by molar-refractivity contribution is 0.0676. The average molecular weight is 236 g/mol. The van der Waals surface area contributed by atoms with E-state index < -0.39 is 0 Å². The molecule has 0 aromatic carbocycles. The number of aromatic nitrogens is 1. The maximum atomic E-state index is 12.0. The standard InChI is InChI=1S/C13H20N2O2/c1-10(2)14-13(16)12-4-3-7-15(12)11-5-8-17-9-6-11/h3-4,7,10-11H,5-6,8-9H2,1-2H3,(H,14,16). The molecule has 1 aromatic rings. The van der Waals surface area contributed by atoms with Crippen molar-refractivity contribution in [2.24, 2.45) is 0 Å². The van der Waals surface area contributed by atoms with E-state index in [2.05, 4.69) is 9.88 Å². The maximum absolute atomic E-state index is 12.0. The summed E-state index contributed by atoms with van der Waals surface area (Å²) < 4.78 is 7.43. The number of rotatable bonds is 3. The zero-order chi connectivity index (χ0) is 12.3. The van der Waals surface area contributed by atoms with Crippen LogP contribution in [-0.4, -0.2) is 29.7 Å². The molecule has 1 aliphatic heterocycles. The van der Waals surface area contributed by atoms with Gasteiger partial charge in [0.25, 0.3) is 5.91 Å². The van der Waals surface area contributed by atoms with Gasteiger partial charge in [0.1, 0.15) is 5.69 Å². The van der Waals surface area contributed by atoms with Gasteiger partial charge in [-0.1, -0.05) is 0 Å². The van der Waals surface area contributed by atoms with E-state index in [0.29, 0.717) is 6.04 Å². The van der Waals surface area contributed by atoms with Crippen LogP contribution in [0.2, 0.25) is 0 Å². The van der Waals surface area contributed by atoms with E-state index in [1.807, 2.05) is 32.2 Å². The van der Waals surface area contributed by atoms with Crippen LogP contribution in [0.1, 0.15) is 43.2 Å². The molecule has 4 nitrogen and oxygen atoms in total. The Morgan fingerprint density at radius 1 is 1.47 bits per heavy atom. The van der Waals surface area contributed by atoms with E-state index in [-0.39, 0.29) is 11.9 Å². The molecule has 1 aromatic heterocycles. The van der Waals surface area contributed by atoms with E-state index >= 15 is 0 Å². The van der Waals surface area contributed by atoms with Crippen LogP contribution < -0.4 is 5.32 Å². The van der Waals surface area contributed by atoms with E-state index in [4.69, 9.17) is 4.74 Å². The molecule has 1 fully saturated rings. The first-order valence-electron chi connectivity index (χ1n) is 6.24. The molecule has 2 rings (SSSR count). The Labute approximate surface area is 102 Å². The van der Waals surface area contributed by atoms with Crippen LogP contribution >= 0.6 is 0 Å². The van der Waals surface area contributed by atoms with Crippen molar-refractivity contribution < 1.29 is 9.53 Å². The van der Waals surface area contributed by atoms with Crippen LogP contribution in [0.15, 0.2) is 18.3 Å². The quantitative estimate of drug-likeness (QED) is 0.872. The van der Waals surface area contributed by atoms with E-state index in [1.54, 1.807) is 0 Å². The Balaban J connectivity index is 2.12. The maximum Gasteiger partial charge on any atom is 0.268 e. The van der Waals surface area contributed by atoms with Gasteiger partial charge < -0.3 is 14.6 Å². The van der Waals surface area contributed by atoms with Gasteiger partial charge in [0.2, 0.25) is 0 Å². The van der Waals surface area contributed by atoms with Crippen LogP contribution in [0.25, 0.3) is 0 Å². The molecular formula is C13H20N2O2. The van der Waals surface area contributed by atoms with Crippen molar-refractivity contribution in [2.75, 3.05) is 13.2 Å². The molecule has 0 spiro atoms. The van der Waals surface area contributed by atoms with Crippen LogP contribution in [0, 0.1) is 0 Å². The minimum absolute atomic E-state index is 0.0106. The van der Waals surface area contributed by atoms with Crippen LogP contribution in [0.3, 0.4) is 0 Å². The number of amides is 1. The number of carbonyl (C=O) groups is 1. The Morgan fingerprint density at radius 2 is 2.18 bits per heavy atom. The fourth-order valence-electron chi connectivity index (χ4n) is 2.20. The van der Waals surface area contributed by atoms with Gasteiger partial charge in [-0.15, -0.1) is 0 Å². The van der Waals surface area contributed by atoms with E-state index in [0.717, 1.165) is 31.7 Å². The Morgan fingerprint density at radius 3 is 2.82 bits per heavy atom. The molecule has 1 amide bonds. The van der Waals surface area contributed by atoms with Crippen molar-refractivity contribution in [3.05, 3.63) is 24.0 Å². The lowest BCUT2D eigenvalue weighted by Crippen LogP contribution is -2.33. The number of nitrogens with one attached hydrogen (secondary N) is 1. The summed E-state index contributed by atoms with van der Waals surface area (Å²) in [6, 6.07) is 4.38. The second kappa shape index (κ2) is 5.36. The second-order valence-corrected chi connectivity index (χ2v) is 4.77. The Kier molecular flexibility index (Phi) is 3.84. The highest BCUT2D eigenvalue weighted by atomic mass is 16.5. The molecule has 0 aliphatic carbocycles. The first-order chi connectivity index (χ1) is 8.18. The molecule has 2 heterocycles. The van der Waals surface area contributed by atoms with Crippen molar-refractivity contribution >= 4 is 5.91 Å². The van der Waals surface area contributed by atoms with Crippen LogP contribution in [0.4, 0.5) is 0 Å². The molecule has 0 radical (unpaired) electrons. The Bertz CT molecular complexity index is 379. The summed E-state index contributed by atoms with van der Waals surface area (Å²) in [5.41, 5.74) is 0.755. The van der Waals surface area contributed by atoms with Gasteiger partial charge >= 0.3 is 0 Å². The fourth-order valence-corrected chi connectivity index (χ4v) is 2.20. The summed E-state index contributed by atoms with van der Waals surface area (Å²) in [5.74, 6) is 0.0106.